The van der Waals surface area contributed by atoms with Crippen molar-refractivity contribution in [2.75, 3.05) is 39.8 Å². The molecule has 1 amide bonds. The monoisotopic (exact) mass is 496 g/mol. The van der Waals surface area contributed by atoms with Gasteiger partial charge in [-0.1, -0.05) is 47.5 Å². The molecule has 0 bridgehead atoms. The number of halogens is 2. The van der Waals surface area contributed by atoms with Gasteiger partial charge in [-0.05, 0) is 73.4 Å². The van der Waals surface area contributed by atoms with Gasteiger partial charge in [-0.25, -0.2) is 5.01 Å². The Morgan fingerprint density at radius 3 is 2.32 bits per heavy atom. The van der Waals surface area contributed by atoms with Crippen LogP contribution in [0.3, 0.4) is 0 Å². The molecule has 3 aliphatic rings. The average molecular weight is 497 g/mol. The topological polar surface area (TPSA) is 39.1 Å². The molecule has 2 heterocycles. The average Bonchev–Trinajstić information content (AvgIpc) is 3.23. The Bertz CT molecular complexity index is 1090. The minimum atomic E-state index is -0.0962. The van der Waals surface area contributed by atoms with Gasteiger partial charge in [-0.2, -0.15) is 5.10 Å². The number of carbonyl (C=O) groups is 1. The van der Waals surface area contributed by atoms with Gasteiger partial charge in [0.25, 0.3) is 5.91 Å². The zero-order chi connectivity index (χ0) is 23.7. The Balaban J connectivity index is 1.46. The maximum absolute atomic E-state index is 13.6. The molecule has 34 heavy (non-hydrogen) atoms. The van der Waals surface area contributed by atoms with Gasteiger partial charge in [0.15, 0.2) is 0 Å². The van der Waals surface area contributed by atoms with Crippen molar-refractivity contribution < 1.29 is 4.79 Å². The zero-order valence-corrected chi connectivity index (χ0v) is 21.0. The molecule has 0 aromatic heterocycles. The standard InChI is InChI=1S/C27H30Cl2N4O/c1-31-13-15-32(16-14-31)18-25(34)33-27(20-7-11-23(29)12-8-20)24-4-2-3-21(26(24)30-33)17-19-5-9-22(28)10-6-19/h5-12,17,24,27H,2-4,13-16,18H2,1H3/b21-17+/t24-,27-/m1/s1. The third kappa shape index (κ3) is 5.08. The maximum atomic E-state index is 13.6. The fourth-order valence-corrected chi connectivity index (χ4v) is 5.48. The summed E-state index contributed by atoms with van der Waals surface area (Å²) in [5.41, 5.74) is 4.46. The summed E-state index contributed by atoms with van der Waals surface area (Å²) in [5, 5.41) is 8.19. The van der Waals surface area contributed by atoms with Crippen LogP contribution in [0.2, 0.25) is 10.0 Å². The summed E-state index contributed by atoms with van der Waals surface area (Å²) >= 11 is 12.3. The van der Waals surface area contributed by atoms with Crippen molar-refractivity contribution in [2.45, 2.75) is 25.3 Å². The van der Waals surface area contributed by atoms with Crippen molar-refractivity contribution in [1.82, 2.24) is 14.8 Å². The number of rotatable bonds is 4. The lowest BCUT2D eigenvalue weighted by molar-refractivity contribution is -0.135. The molecule has 178 valence electrons. The molecule has 0 N–H and O–H groups in total. The molecular weight excluding hydrogens is 467 g/mol. The minimum absolute atomic E-state index is 0.0669. The molecule has 0 spiro atoms. The Morgan fingerprint density at radius 1 is 1.00 bits per heavy atom. The molecule has 2 atom stereocenters. The predicted molar refractivity (Wildman–Crippen MR) is 139 cm³/mol. The number of carbonyl (C=O) groups excluding carboxylic acids is 1. The molecular formula is C27H30Cl2N4O. The molecule has 2 aliphatic heterocycles. The Labute approximate surface area is 211 Å². The molecule has 1 aliphatic carbocycles. The number of hydrazone groups is 1. The minimum Gasteiger partial charge on any atom is -0.304 e. The van der Waals surface area contributed by atoms with E-state index in [1.54, 1.807) is 5.01 Å². The van der Waals surface area contributed by atoms with Crippen LogP contribution in [0.1, 0.15) is 36.4 Å². The van der Waals surface area contributed by atoms with E-state index in [-0.39, 0.29) is 17.9 Å². The summed E-state index contributed by atoms with van der Waals surface area (Å²) < 4.78 is 0. The van der Waals surface area contributed by atoms with Crippen molar-refractivity contribution in [2.24, 2.45) is 11.0 Å². The van der Waals surface area contributed by atoms with Crippen molar-refractivity contribution >= 4 is 40.9 Å². The number of likely N-dealkylation sites (N-methyl/N-ethyl adjacent to an activating group) is 1. The summed E-state index contributed by atoms with van der Waals surface area (Å²) in [6.07, 6.45) is 5.26. The highest BCUT2D eigenvalue weighted by molar-refractivity contribution is 6.30. The second kappa shape index (κ2) is 10.2. The van der Waals surface area contributed by atoms with Gasteiger partial charge in [0, 0.05) is 42.1 Å². The highest BCUT2D eigenvalue weighted by atomic mass is 35.5. The quantitative estimate of drug-likeness (QED) is 0.571. The van der Waals surface area contributed by atoms with Gasteiger partial charge < -0.3 is 4.90 Å². The largest absolute Gasteiger partial charge is 0.304 e. The van der Waals surface area contributed by atoms with Gasteiger partial charge >= 0.3 is 0 Å². The lowest BCUT2D eigenvalue weighted by Gasteiger charge is -2.34. The van der Waals surface area contributed by atoms with Crippen LogP contribution in [0.15, 0.2) is 59.2 Å². The third-order valence-electron chi connectivity index (χ3n) is 7.13. The SMILES string of the molecule is CN1CCN(CC(=O)N2N=C3/C(=C/c4ccc(Cl)cc4)CCC[C@H]3[C@H]2c2ccc(Cl)cc2)CC1. The highest BCUT2D eigenvalue weighted by Gasteiger charge is 2.43. The number of piperazine rings is 1. The third-order valence-corrected chi connectivity index (χ3v) is 7.64. The van der Waals surface area contributed by atoms with Crippen LogP contribution in [0.4, 0.5) is 0 Å². The molecule has 7 heteroatoms. The maximum Gasteiger partial charge on any atom is 0.257 e. The summed E-state index contributed by atoms with van der Waals surface area (Å²) in [6, 6.07) is 15.7. The first-order valence-electron chi connectivity index (χ1n) is 12.0. The Kier molecular flexibility index (Phi) is 7.07. The molecule has 2 aromatic carbocycles. The highest BCUT2D eigenvalue weighted by Crippen LogP contribution is 2.44. The molecule has 0 radical (unpaired) electrons. The second-order valence-electron chi connectivity index (χ2n) is 9.52. The van der Waals surface area contributed by atoms with Crippen molar-refractivity contribution in [1.29, 1.82) is 0 Å². The van der Waals surface area contributed by atoms with E-state index in [9.17, 15) is 4.79 Å². The van der Waals surface area contributed by atoms with Gasteiger partial charge in [0.1, 0.15) is 0 Å². The molecule has 2 fully saturated rings. The van der Waals surface area contributed by atoms with Crippen molar-refractivity contribution in [3.8, 4) is 0 Å². The number of nitrogens with zero attached hydrogens (tertiary/aromatic N) is 4. The van der Waals surface area contributed by atoms with Crippen LogP contribution >= 0.6 is 23.2 Å². The molecule has 1 saturated carbocycles. The number of fused-ring (bicyclic) bond motifs is 1. The summed E-state index contributed by atoms with van der Waals surface area (Å²) in [6.45, 7) is 4.18. The smallest absolute Gasteiger partial charge is 0.257 e. The van der Waals surface area contributed by atoms with Gasteiger partial charge in [0.2, 0.25) is 0 Å². The molecule has 0 unspecified atom stereocenters. The van der Waals surface area contributed by atoms with E-state index in [4.69, 9.17) is 28.3 Å². The predicted octanol–water partition coefficient (Wildman–Crippen LogP) is 5.36. The first kappa shape index (κ1) is 23.6. The number of amides is 1. The van der Waals surface area contributed by atoms with Gasteiger partial charge in [-0.15, -0.1) is 0 Å². The van der Waals surface area contributed by atoms with Crippen LogP contribution in [-0.2, 0) is 4.79 Å². The summed E-state index contributed by atoms with van der Waals surface area (Å²) in [5.74, 6) is 0.252. The van der Waals surface area contributed by atoms with Gasteiger partial charge in [-0.3, -0.25) is 9.69 Å². The molecule has 5 rings (SSSR count). The zero-order valence-electron chi connectivity index (χ0n) is 19.5. The molecule has 5 nitrogen and oxygen atoms in total. The number of hydrogen-bond acceptors (Lipinski definition) is 4. The first-order valence-corrected chi connectivity index (χ1v) is 12.8. The Hall–Kier alpha value is -2.18. The van der Waals surface area contributed by atoms with E-state index in [2.05, 4.69) is 22.9 Å². The van der Waals surface area contributed by atoms with E-state index in [0.29, 0.717) is 11.6 Å². The van der Waals surface area contributed by atoms with Crippen LogP contribution in [0.5, 0.6) is 0 Å². The van der Waals surface area contributed by atoms with Crippen molar-refractivity contribution in [3.05, 3.63) is 75.3 Å². The molecule has 1 saturated heterocycles. The number of allylic oxidation sites excluding steroid dienone is 1. The van der Waals surface area contributed by atoms with E-state index in [1.165, 1.54) is 5.57 Å². The van der Waals surface area contributed by atoms with E-state index in [0.717, 1.165) is 67.3 Å². The van der Waals surface area contributed by atoms with Gasteiger partial charge in [0.05, 0.1) is 18.3 Å². The summed E-state index contributed by atoms with van der Waals surface area (Å²) in [7, 11) is 2.13. The lowest BCUT2D eigenvalue weighted by Crippen LogP contribution is -2.48. The van der Waals surface area contributed by atoms with Crippen LogP contribution in [0.25, 0.3) is 6.08 Å². The Morgan fingerprint density at radius 2 is 1.65 bits per heavy atom. The van der Waals surface area contributed by atoms with E-state index >= 15 is 0 Å². The first-order chi connectivity index (χ1) is 16.5. The lowest BCUT2D eigenvalue weighted by atomic mass is 9.77. The normalized spacial score (nSPS) is 24.9. The van der Waals surface area contributed by atoms with Crippen LogP contribution < -0.4 is 0 Å². The van der Waals surface area contributed by atoms with Crippen molar-refractivity contribution in [3.63, 3.8) is 0 Å². The van der Waals surface area contributed by atoms with Crippen LogP contribution in [0, 0.1) is 5.92 Å². The number of benzene rings is 2. The van der Waals surface area contributed by atoms with Crippen LogP contribution in [-0.4, -0.2) is 66.2 Å². The second-order valence-corrected chi connectivity index (χ2v) is 10.4. The van der Waals surface area contributed by atoms with E-state index in [1.807, 2.05) is 48.5 Å². The fraction of sp³-hybridized carbons (Fsp3) is 0.407. The van der Waals surface area contributed by atoms with E-state index < -0.39 is 0 Å². The number of hydrogen-bond donors (Lipinski definition) is 0. The summed E-state index contributed by atoms with van der Waals surface area (Å²) in [4.78, 5) is 18.1. The molecule has 2 aromatic rings. The fourth-order valence-electron chi connectivity index (χ4n) is 5.23.